The molecule has 1 heterocycles. The zero-order chi connectivity index (χ0) is 14.2. The number of alkyl halides is 3. The Labute approximate surface area is 117 Å². The number of pyridine rings is 1. The van der Waals surface area contributed by atoms with Crippen molar-refractivity contribution in [3.05, 3.63) is 45.9 Å². The first-order valence-electron chi connectivity index (χ1n) is 5.07. The first kappa shape index (κ1) is 14.0. The summed E-state index contributed by atoms with van der Waals surface area (Å²) in [6.07, 6.45) is -4.50. The van der Waals surface area contributed by atoms with E-state index in [1.54, 1.807) is 0 Å². The van der Waals surface area contributed by atoms with Crippen LogP contribution in [-0.4, -0.2) is 4.98 Å². The standard InChI is InChI=1S/C12H7Cl2F3N2/c13-7-1-2-8(9(14)5-7)10-3-6(12(15,16)17)4-11(18)19-10/h1-5H,(H2,18,19). The molecule has 0 radical (unpaired) electrons. The molecule has 2 nitrogen and oxygen atoms in total. The lowest BCUT2D eigenvalue weighted by Gasteiger charge is -2.10. The number of hydrogen-bond acceptors (Lipinski definition) is 2. The zero-order valence-corrected chi connectivity index (χ0v) is 10.8. The number of aromatic nitrogens is 1. The van der Waals surface area contributed by atoms with Crippen LogP contribution in [0, 0.1) is 0 Å². The fourth-order valence-corrected chi connectivity index (χ4v) is 2.06. The van der Waals surface area contributed by atoms with Gasteiger partial charge < -0.3 is 5.73 Å². The highest BCUT2D eigenvalue weighted by atomic mass is 35.5. The van der Waals surface area contributed by atoms with Crippen molar-refractivity contribution in [3.63, 3.8) is 0 Å². The summed E-state index contributed by atoms with van der Waals surface area (Å²) >= 11 is 11.7. The van der Waals surface area contributed by atoms with Crippen LogP contribution in [0.5, 0.6) is 0 Å². The third-order valence-electron chi connectivity index (χ3n) is 2.38. The number of nitrogens with two attached hydrogens (primary N) is 1. The van der Waals surface area contributed by atoms with Crippen molar-refractivity contribution in [1.29, 1.82) is 0 Å². The second kappa shape index (κ2) is 4.90. The van der Waals surface area contributed by atoms with Gasteiger partial charge in [0.05, 0.1) is 16.3 Å². The van der Waals surface area contributed by atoms with Crippen molar-refractivity contribution in [1.82, 2.24) is 4.98 Å². The fourth-order valence-electron chi connectivity index (χ4n) is 1.55. The number of rotatable bonds is 1. The van der Waals surface area contributed by atoms with Gasteiger partial charge in [-0.2, -0.15) is 13.2 Å². The van der Waals surface area contributed by atoms with Crippen molar-refractivity contribution >= 4 is 29.0 Å². The topological polar surface area (TPSA) is 38.9 Å². The first-order chi connectivity index (χ1) is 8.77. The van der Waals surface area contributed by atoms with Crippen LogP contribution < -0.4 is 5.73 Å². The van der Waals surface area contributed by atoms with Crippen LogP contribution in [0.4, 0.5) is 19.0 Å². The molecule has 19 heavy (non-hydrogen) atoms. The highest BCUT2D eigenvalue weighted by molar-refractivity contribution is 6.36. The molecule has 1 aromatic carbocycles. The lowest BCUT2D eigenvalue weighted by atomic mass is 10.1. The predicted molar refractivity (Wildman–Crippen MR) is 69.1 cm³/mol. The average Bonchev–Trinajstić information content (AvgIpc) is 2.26. The molecule has 2 rings (SSSR count). The van der Waals surface area contributed by atoms with Gasteiger partial charge in [-0.1, -0.05) is 23.2 Å². The average molecular weight is 307 g/mol. The Kier molecular flexibility index (Phi) is 3.60. The van der Waals surface area contributed by atoms with Crippen molar-refractivity contribution in [2.24, 2.45) is 0 Å². The minimum absolute atomic E-state index is 0.0500. The SMILES string of the molecule is Nc1cc(C(F)(F)F)cc(-c2ccc(Cl)cc2Cl)n1. The fraction of sp³-hybridized carbons (Fsp3) is 0.0833. The molecule has 0 aliphatic heterocycles. The smallest absolute Gasteiger partial charge is 0.384 e. The molecule has 0 bridgehead atoms. The highest BCUT2D eigenvalue weighted by Crippen LogP contribution is 2.35. The summed E-state index contributed by atoms with van der Waals surface area (Å²) < 4.78 is 38.1. The molecule has 0 fully saturated rings. The Morgan fingerprint density at radius 1 is 1.05 bits per heavy atom. The van der Waals surface area contributed by atoms with Gasteiger partial charge in [-0.05, 0) is 30.3 Å². The maximum Gasteiger partial charge on any atom is 0.416 e. The third kappa shape index (κ3) is 3.11. The normalized spacial score (nSPS) is 11.6. The summed E-state index contributed by atoms with van der Waals surface area (Å²) in [6.45, 7) is 0. The predicted octanol–water partition coefficient (Wildman–Crippen LogP) is 4.66. The summed E-state index contributed by atoms with van der Waals surface area (Å²) in [5.74, 6) is -0.226. The lowest BCUT2D eigenvalue weighted by Crippen LogP contribution is -2.07. The molecule has 0 aliphatic carbocycles. The van der Waals surface area contributed by atoms with E-state index >= 15 is 0 Å². The largest absolute Gasteiger partial charge is 0.416 e. The molecule has 1 aromatic heterocycles. The van der Waals surface area contributed by atoms with Crippen LogP contribution in [0.2, 0.25) is 10.0 Å². The number of nitrogen functional groups attached to an aromatic ring is 1. The summed E-state index contributed by atoms with van der Waals surface area (Å²) in [4.78, 5) is 3.86. The quantitative estimate of drug-likeness (QED) is 0.832. The number of anilines is 1. The zero-order valence-electron chi connectivity index (χ0n) is 9.30. The van der Waals surface area contributed by atoms with Crippen LogP contribution in [0.1, 0.15) is 5.56 Å². The Hall–Kier alpha value is -1.46. The number of halogens is 5. The molecular formula is C12H7Cl2F3N2. The van der Waals surface area contributed by atoms with E-state index in [4.69, 9.17) is 28.9 Å². The summed E-state index contributed by atoms with van der Waals surface area (Å²) in [5, 5.41) is 0.590. The summed E-state index contributed by atoms with van der Waals surface area (Å²) in [7, 11) is 0. The number of nitrogens with zero attached hydrogens (tertiary/aromatic N) is 1. The van der Waals surface area contributed by atoms with E-state index in [1.807, 2.05) is 0 Å². The van der Waals surface area contributed by atoms with Gasteiger partial charge in [0.1, 0.15) is 5.82 Å². The minimum Gasteiger partial charge on any atom is -0.384 e. The van der Waals surface area contributed by atoms with Crippen molar-refractivity contribution in [2.45, 2.75) is 6.18 Å². The van der Waals surface area contributed by atoms with Gasteiger partial charge in [-0.15, -0.1) is 0 Å². The van der Waals surface area contributed by atoms with Gasteiger partial charge >= 0.3 is 6.18 Å². The molecule has 0 saturated carbocycles. The van der Waals surface area contributed by atoms with Crippen LogP contribution in [0.3, 0.4) is 0 Å². The van der Waals surface area contributed by atoms with Gasteiger partial charge in [-0.25, -0.2) is 4.98 Å². The van der Waals surface area contributed by atoms with Crippen molar-refractivity contribution < 1.29 is 13.2 Å². The van der Waals surface area contributed by atoms with E-state index in [0.29, 0.717) is 10.6 Å². The number of hydrogen-bond donors (Lipinski definition) is 1. The minimum atomic E-state index is -4.50. The molecular weight excluding hydrogens is 300 g/mol. The molecule has 2 aromatic rings. The van der Waals surface area contributed by atoms with Gasteiger partial charge in [-0.3, -0.25) is 0 Å². The van der Waals surface area contributed by atoms with Crippen LogP contribution >= 0.6 is 23.2 Å². The Morgan fingerprint density at radius 3 is 2.32 bits per heavy atom. The summed E-state index contributed by atoms with van der Waals surface area (Å²) in [6, 6.07) is 6.10. The van der Waals surface area contributed by atoms with Crippen LogP contribution in [-0.2, 0) is 6.18 Å². The highest BCUT2D eigenvalue weighted by Gasteiger charge is 2.31. The molecule has 0 atom stereocenters. The first-order valence-corrected chi connectivity index (χ1v) is 5.83. The third-order valence-corrected chi connectivity index (χ3v) is 2.93. The molecule has 0 spiro atoms. The molecule has 0 amide bonds. The van der Waals surface area contributed by atoms with E-state index in [9.17, 15) is 13.2 Å². The molecule has 2 N–H and O–H groups in total. The second-order valence-corrected chi connectivity index (χ2v) is 4.63. The van der Waals surface area contributed by atoms with Gasteiger partial charge in [0.2, 0.25) is 0 Å². The van der Waals surface area contributed by atoms with Crippen molar-refractivity contribution in [3.8, 4) is 11.3 Å². The van der Waals surface area contributed by atoms with Crippen LogP contribution in [0.25, 0.3) is 11.3 Å². The Bertz CT molecular complexity index is 627. The summed E-state index contributed by atoms with van der Waals surface area (Å²) in [5.41, 5.74) is 4.91. The van der Waals surface area contributed by atoms with Gasteiger partial charge in [0, 0.05) is 10.6 Å². The molecule has 7 heteroatoms. The van der Waals surface area contributed by atoms with E-state index in [1.165, 1.54) is 18.2 Å². The van der Waals surface area contributed by atoms with E-state index in [2.05, 4.69) is 4.98 Å². The Balaban J connectivity index is 2.59. The lowest BCUT2D eigenvalue weighted by molar-refractivity contribution is -0.137. The van der Waals surface area contributed by atoms with E-state index in [0.717, 1.165) is 12.1 Å². The Morgan fingerprint density at radius 2 is 1.74 bits per heavy atom. The van der Waals surface area contributed by atoms with E-state index in [-0.39, 0.29) is 16.5 Å². The van der Waals surface area contributed by atoms with Crippen LogP contribution in [0.15, 0.2) is 30.3 Å². The number of benzene rings is 1. The molecule has 0 unspecified atom stereocenters. The second-order valence-electron chi connectivity index (χ2n) is 3.79. The maximum absolute atomic E-state index is 12.7. The van der Waals surface area contributed by atoms with Gasteiger partial charge in [0.25, 0.3) is 0 Å². The van der Waals surface area contributed by atoms with Crippen molar-refractivity contribution in [2.75, 3.05) is 5.73 Å². The van der Waals surface area contributed by atoms with E-state index < -0.39 is 11.7 Å². The maximum atomic E-state index is 12.7. The monoisotopic (exact) mass is 306 g/mol. The molecule has 0 aliphatic rings. The molecule has 100 valence electrons. The molecule has 0 saturated heterocycles. The van der Waals surface area contributed by atoms with Gasteiger partial charge in [0.15, 0.2) is 0 Å².